The highest BCUT2D eigenvalue weighted by atomic mass is 16.2. The number of carbonyl (C=O) groups is 2. The van der Waals surface area contributed by atoms with Crippen molar-refractivity contribution in [2.75, 3.05) is 0 Å². The van der Waals surface area contributed by atoms with E-state index < -0.39 is 0 Å². The van der Waals surface area contributed by atoms with Gasteiger partial charge in [-0.25, -0.2) is 0 Å². The van der Waals surface area contributed by atoms with Crippen molar-refractivity contribution in [3.8, 4) is 0 Å². The molecule has 1 atom stereocenters. The minimum absolute atomic E-state index is 0.0288. The van der Waals surface area contributed by atoms with Crippen molar-refractivity contribution >= 4 is 11.8 Å². The molecule has 2 N–H and O–H groups in total. The van der Waals surface area contributed by atoms with E-state index in [4.69, 9.17) is 0 Å². The molecule has 0 aromatic carbocycles. The molecular weight excluding hydrogens is 156 g/mol. The average Bonchev–Trinajstić information content (AvgIpc) is 2.34. The van der Waals surface area contributed by atoms with Crippen LogP contribution >= 0.6 is 0 Å². The van der Waals surface area contributed by atoms with Crippen LogP contribution in [0.5, 0.6) is 0 Å². The Bertz CT molecular complexity index is 201. The standard InChI is InChI=1S/C8H14N2O2/c1-5(2)9-8(12)6-3-4-7(11)10-6/h5-6H,3-4H2,1-2H3,(H,9,12)(H,10,11). The molecule has 0 aliphatic carbocycles. The van der Waals surface area contributed by atoms with Crippen LogP contribution in [0.2, 0.25) is 0 Å². The van der Waals surface area contributed by atoms with Crippen LogP contribution in [0.3, 0.4) is 0 Å². The molecule has 0 aromatic rings. The summed E-state index contributed by atoms with van der Waals surface area (Å²) in [5.41, 5.74) is 0. The Balaban J connectivity index is 2.38. The maximum Gasteiger partial charge on any atom is 0.242 e. The zero-order valence-electron chi connectivity index (χ0n) is 7.39. The van der Waals surface area contributed by atoms with Crippen molar-refractivity contribution in [3.05, 3.63) is 0 Å². The van der Waals surface area contributed by atoms with E-state index in [0.29, 0.717) is 12.8 Å². The third kappa shape index (κ3) is 2.22. The largest absolute Gasteiger partial charge is 0.352 e. The van der Waals surface area contributed by atoms with Crippen LogP contribution in [0.25, 0.3) is 0 Å². The molecule has 0 saturated carbocycles. The minimum Gasteiger partial charge on any atom is -0.352 e. The molecule has 1 unspecified atom stereocenters. The number of rotatable bonds is 2. The molecule has 4 nitrogen and oxygen atoms in total. The molecule has 1 aliphatic heterocycles. The van der Waals surface area contributed by atoms with E-state index in [0.717, 1.165) is 0 Å². The number of hydrogen-bond donors (Lipinski definition) is 2. The summed E-state index contributed by atoms with van der Waals surface area (Å²) >= 11 is 0. The van der Waals surface area contributed by atoms with Gasteiger partial charge >= 0.3 is 0 Å². The summed E-state index contributed by atoms with van der Waals surface area (Å²) in [5, 5.41) is 5.36. The topological polar surface area (TPSA) is 58.2 Å². The van der Waals surface area contributed by atoms with Crippen LogP contribution in [-0.4, -0.2) is 23.9 Å². The van der Waals surface area contributed by atoms with E-state index in [-0.39, 0.29) is 23.9 Å². The van der Waals surface area contributed by atoms with Gasteiger partial charge in [-0.3, -0.25) is 9.59 Å². The highest BCUT2D eigenvalue weighted by molar-refractivity contribution is 5.90. The van der Waals surface area contributed by atoms with Gasteiger partial charge < -0.3 is 10.6 Å². The van der Waals surface area contributed by atoms with Gasteiger partial charge in [-0.05, 0) is 20.3 Å². The first-order chi connectivity index (χ1) is 5.59. The lowest BCUT2D eigenvalue weighted by atomic mass is 10.2. The summed E-state index contributed by atoms with van der Waals surface area (Å²) in [4.78, 5) is 22.0. The summed E-state index contributed by atoms with van der Waals surface area (Å²) in [5.74, 6) is -0.102. The van der Waals surface area contributed by atoms with E-state index in [1.54, 1.807) is 0 Å². The van der Waals surface area contributed by atoms with Crippen molar-refractivity contribution in [3.63, 3.8) is 0 Å². The monoisotopic (exact) mass is 170 g/mol. The maximum atomic E-state index is 11.3. The third-order valence-corrected chi connectivity index (χ3v) is 1.74. The van der Waals surface area contributed by atoms with Crippen LogP contribution in [-0.2, 0) is 9.59 Å². The van der Waals surface area contributed by atoms with E-state index in [1.165, 1.54) is 0 Å². The Kier molecular flexibility index (Phi) is 2.68. The Hall–Kier alpha value is -1.06. The van der Waals surface area contributed by atoms with Crippen LogP contribution < -0.4 is 10.6 Å². The zero-order valence-corrected chi connectivity index (χ0v) is 7.39. The SMILES string of the molecule is CC(C)NC(=O)C1CCC(=O)N1. The third-order valence-electron chi connectivity index (χ3n) is 1.74. The summed E-state index contributed by atoms with van der Waals surface area (Å²) in [7, 11) is 0. The van der Waals surface area contributed by atoms with Gasteiger partial charge in [-0.15, -0.1) is 0 Å². The first-order valence-corrected chi connectivity index (χ1v) is 4.19. The molecule has 0 radical (unpaired) electrons. The Labute approximate surface area is 71.7 Å². The molecule has 1 aliphatic rings. The molecule has 4 heteroatoms. The quantitative estimate of drug-likeness (QED) is 0.602. The molecule has 0 bridgehead atoms. The van der Waals surface area contributed by atoms with Crippen molar-refractivity contribution < 1.29 is 9.59 Å². The highest BCUT2D eigenvalue weighted by Crippen LogP contribution is 2.06. The molecule has 12 heavy (non-hydrogen) atoms. The molecule has 1 fully saturated rings. The lowest BCUT2D eigenvalue weighted by Crippen LogP contribution is -2.44. The second kappa shape index (κ2) is 3.56. The lowest BCUT2D eigenvalue weighted by Gasteiger charge is -2.12. The summed E-state index contributed by atoms with van der Waals surface area (Å²) < 4.78 is 0. The van der Waals surface area contributed by atoms with Gasteiger partial charge in [0.15, 0.2) is 0 Å². The van der Waals surface area contributed by atoms with Gasteiger partial charge in [0.2, 0.25) is 11.8 Å². The second-order valence-electron chi connectivity index (χ2n) is 3.32. The molecule has 1 saturated heterocycles. The fourth-order valence-corrected chi connectivity index (χ4v) is 1.20. The molecule has 1 heterocycles. The Morgan fingerprint density at radius 1 is 1.67 bits per heavy atom. The first kappa shape index (κ1) is 9.03. The van der Waals surface area contributed by atoms with Crippen molar-refractivity contribution in [1.29, 1.82) is 0 Å². The fourth-order valence-electron chi connectivity index (χ4n) is 1.20. The van der Waals surface area contributed by atoms with Gasteiger partial charge in [-0.2, -0.15) is 0 Å². The number of carbonyl (C=O) groups excluding carboxylic acids is 2. The van der Waals surface area contributed by atoms with E-state index in [1.807, 2.05) is 13.8 Å². The van der Waals surface area contributed by atoms with Crippen LogP contribution in [0.4, 0.5) is 0 Å². The van der Waals surface area contributed by atoms with Gasteiger partial charge in [0, 0.05) is 12.5 Å². The average molecular weight is 170 g/mol. The predicted octanol–water partition coefficient (Wildman–Crippen LogP) is -0.210. The molecule has 0 aromatic heterocycles. The van der Waals surface area contributed by atoms with Gasteiger partial charge in [0.25, 0.3) is 0 Å². The normalized spacial score (nSPS) is 22.6. The molecule has 0 spiro atoms. The molecule has 2 amide bonds. The van der Waals surface area contributed by atoms with Crippen LogP contribution in [0.1, 0.15) is 26.7 Å². The van der Waals surface area contributed by atoms with E-state index >= 15 is 0 Å². The van der Waals surface area contributed by atoms with Crippen molar-refractivity contribution in [2.24, 2.45) is 0 Å². The van der Waals surface area contributed by atoms with Gasteiger partial charge in [0.05, 0.1) is 0 Å². The smallest absolute Gasteiger partial charge is 0.242 e. The van der Waals surface area contributed by atoms with Gasteiger partial charge in [-0.1, -0.05) is 0 Å². The summed E-state index contributed by atoms with van der Waals surface area (Å²) in [6.07, 6.45) is 1.09. The summed E-state index contributed by atoms with van der Waals surface area (Å²) in [6, 6.07) is -0.171. The first-order valence-electron chi connectivity index (χ1n) is 4.19. The van der Waals surface area contributed by atoms with Crippen LogP contribution in [0.15, 0.2) is 0 Å². The molecule has 68 valence electrons. The van der Waals surface area contributed by atoms with Crippen molar-refractivity contribution in [1.82, 2.24) is 10.6 Å². The second-order valence-corrected chi connectivity index (χ2v) is 3.32. The fraction of sp³-hybridized carbons (Fsp3) is 0.750. The lowest BCUT2D eigenvalue weighted by molar-refractivity contribution is -0.126. The molecular formula is C8H14N2O2. The van der Waals surface area contributed by atoms with Crippen molar-refractivity contribution in [2.45, 2.75) is 38.8 Å². The number of nitrogens with one attached hydrogen (secondary N) is 2. The minimum atomic E-state index is -0.306. The maximum absolute atomic E-state index is 11.3. The summed E-state index contributed by atoms with van der Waals surface area (Å²) in [6.45, 7) is 3.79. The zero-order chi connectivity index (χ0) is 9.14. The number of hydrogen-bond acceptors (Lipinski definition) is 2. The van der Waals surface area contributed by atoms with Crippen LogP contribution in [0, 0.1) is 0 Å². The Morgan fingerprint density at radius 2 is 2.33 bits per heavy atom. The number of amides is 2. The van der Waals surface area contributed by atoms with Gasteiger partial charge in [0.1, 0.15) is 6.04 Å². The van der Waals surface area contributed by atoms with E-state index in [2.05, 4.69) is 10.6 Å². The van der Waals surface area contributed by atoms with E-state index in [9.17, 15) is 9.59 Å². The highest BCUT2D eigenvalue weighted by Gasteiger charge is 2.26. The predicted molar refractivity (Wildman–Crippen MR) is 44.4 cm³/mol. The Morgan fingerprint density at radius 3 is 2.75 bits per heavy atom. The molecule has 1 rings (SSSR count).